The van der Waals surface area contributed by atoms with Crippen molar-refractivity contribution in [1.29, 1.82) is 0 Å². The Balaban J connectivity index is 1.74. The number of para-hydroxylation sites is 2. The monoisotopic (exact) mass is 487 g/mol. The third-order valence-corrected chi connectivity index (χ3v) is 5.97. The summed E-state index contributed by atoms with van der Waals surface area (Å²) in [5.41, 5.74) is 1.82. The van der Waals surface area contributed by atoms with E-state index in [4.69, 9.17) is 9.47 Å². The largest absolute Gasteiger partial charge is 0.507 e. The van der Waals surface area contributed by atoms with E-state index in [0.717, 1.165) is 0 Å². The van der Waals surface area contributed by atoms with Crippen molar-refractivity contribution in [2.24, 2.45) is 0 Å². The van der Waals surface area contributed by atoms with Gasteiger partial charge in [-0.3, -0.25) is 14.5 Å². The number of rotatable bonds is 6. The van der Waals surface area contributed by atoms with Crippen LogP contribution >= 0.6 is 0 Å². The fraction of sp³-hybridized carbons (Fsp3) is 0.148. The summed E-state index contributed by atoms with van der Waals surface area (Å²) in [6, 6.07) is 16.2. The van der Waals surface area contributed by atoms with Crippen molar-refractivity contribution in [3.63, 3.8) is 0 Å². The lowest BCUT2D eigenvalue weighted by Crippen LogP contribution is -2.30. The Morgan fingerprint density at radius 3 is 2.53 bits per heavy atom. The Hall–Kier alpha value is -4.66. The third-order valence-electron chi connectivity index (χ3n) is 5.97. The standard InChI is InChI=1S/C27H22FN3O5/c1-3-36-21-14-16(10-13-20(21)35-2)23-22(24(32)15-8-11-17(28)12-9-15)25(33)26(34)31(23)27-29-18-6-4-5-7-19(18)30-27/h4-14,23,32H,3H2,1-2H3,(H,29,30)/b24-22+. The number of Topliss-reactive ketones (excluding diaryl/α,β-unsaturated/α-hetero) is 1. The number of amides is 1. The molecule has 2 heterocycles. The molecule has 36 heavy (non-hydrogen) atoms. The molecule has 4 aromatic rings. The Morgan fingerprint density at radius 2 is 1.83 bits per heavy atom. The number of carbonyl (C=O) groups excluding carboxylic acids is 2. The van der Waals surface area contributed by atoms with Crippen LogP contribution in [0.2, 0.25) is 0 Å². The molecule has 1 unspecified atom stereocenters. The van der Waals surface area contributed by atoms with Crippen molar-refractivity contribution in [3.05, 3.63) is 89.2 Å². The Kier molecular flexibility index (Phi) is 5.89. The van der Waals surface area contributed by atoms with E-state index >= 15 is 0 Å². The van der Waals surface area contributed by atoms with E-state index in [0.29, 0.717) is 34.7 Å². The number of imidazole rings is 1. The number of hydrogen-bond donors (Lipinski definition) is 2. The van der Waals surface area contributed by atoms with Gasteiger partial charge in [-0.25, -0.2) is 9.37 Å². The fourth-order valence-corrected chi connectivity index (χ4v) is 4.31. The van der Waals surface area contributed by atoms with Gasteiger partial charge >= 0.3 is 5.91 Å². The topological polar surface area (TPSA) is 105 Å². The quantitative estimate of drug-likeness (QED) is 0.231. The fourth-order valence-electron chi connectivity index (χ4n) is 4.31. The number of anilines is 1. The van der Waals surface area contributed by atoms with Crippen molar-refractivity contribution < 1.29 is 28.6 Å². The molecule has 0 saturated carbocycles. The molecule has 1 amide bonds. The van der Waals surface area contributed by atoms with Crippen LogP contribution in [-0.2, 0) is 9.59 Å². The van der Waals surface area contributed by atoms with E-state index in [-0.39, 0.29) is 17.1 Å². The Morgan fingerprint density at radius 1 is 1.08 bits per heavy atom. The van der Waals surface area contributed by atoms with E-state index in [2.05, 4.69) is 9.97 Å². The van der Waals surface area contributed by atoms with E-state index in [9.17, 15) is 19.1 Å². The van der Waals surface area contributed by atoms with Gasteiger partial charge in [0.15, 0.2) is 11.5 Å². The summed E-state index contributed by atoms with van der Waals surface area (Å²) in [6.07, 6.45) is 0. The lowest BCUT2D eigenvalue weighted by Gasteiger charge is -2.24. The van der Waals surface area contributed by atoms with Gasteiger partial charge in [-0.05, 0) is 61.0 Å². The summed E-state index contributed by atoms with van der Waals surface area (Å²) in [5.74, 6) is -1.65. The number of aromatic amines is 1. The van der Waals surface area contributed by atoms with Crippen LogP contribution in [0.4, 0.5) is 10.3 Å². The summed E-state index contributed by atoms with van der Waals surface area (Å²) in [5, 5.41) is 11.2. The van der Waals surface area contributed by atoms with Gasteiger partial charge in [-0.15, -0.1) is 0 Å². The predicted octanol–water partition coefficient (Wildman–Crippen LogP) is 4.74. The summed E-state index contributed by atoms with van der Waals surface area (Å²) in [7, 11) is 1.51. The van der Waals surface area contributed by atoms with Crippen LogP contribution in [0.5, 0.6) is 11.5 Å². The minimum atomic E-state index is -1.04. The van der Waals surface area contributed by atoms with Crippen molar-refractivity contribution in [3.8, 4) is 11.5 Å². The number of halogens is 1. The molecule has 0 aliphatic carbocycles. The van der Waals surface area contributed by atoms with Crippen molar-refractivity contribution in [2.75, 3.05) is 18.6 Å². The summed E-state index contributed by atoms with van der Waals surface area (Å²) < 4.78 is 24.6. The van der Waals surface area contributed by atoms with Crippen LogP contribution in [0.15, 0.2) is 72.3 Å². The zero-order valence-corrected chi connectivity index (χ0v) is 19.5. The molecule has 0 bridgehead atoms. The van der Waals surface area contributed by atoms with Gasteiger partial charge in [0.25, 0.3) is 5.78 Å². The number of aliphatic hydroxyl groups is 1. The maximum absolute atomic E-state index is 13.5. The highest BCUT2D eigenvalue weighted by Gasteiger charge is 2.48. The highest BCUT2D eigenvalue weighted by atomic mass is 19.1. The van der Waals surface area contributed by atoms with Gasteiger partial charge in [0.1, 0.15) is 11.6 Å². The average molecular weight is 487 g/mol. The zero-order valence-electron chi connectivity index (χ0n) is 19.5. The molecule has 1 aliphatic heterocycles. The number of benzene rings is 3. The highest BCUT2D eigenvalue weighted by molar-refractivity contribution is 6.51. The number of aliphatic hydroxyl groups excluding tert-OH is 1. The molecule has 8 nitrogen and oxygen atoms in total. The van der Waals surface area contributed by atoms with Gasteiger partial charge in [-0.1, -0.05) is 18.2 Å². The van der Waals surface area contributed by atoms with E-state index in [1.807, 2.05) is 19.1 Å². The first-order valence-corrected chi connectivity index (χ1v) is 11.2. The van der Waals surface area contributed by atoms with Gasteiger partial charge in [-0.2, -0.15) is 0 Å². The van der Waals surface area contributed by atoms with E-state index in [1.165, 1.54) is 36.3 Å². The van der Waals surface area contributed by atoms with Crippen molar-refractivity contribution in [2.45, 2.75) is 13.0 Å². The zero-order chi connectivity index (χ0) is 25.4. The minimum Gasteiger partial charge on any atom is -0.507 e. The number of nitrogens with zero attached hydrogens (tertiary/aromatic N) is 2. The van der Waals surface area contributed by atoms with Crippen LogP contribution < -0.4 is 14.4 Å². The summed E-state index contributed by atoms with van der Waals surface area (Å²) in [6.45, 7) is 2.18. The van der Waals surface area contributed by atoms with E-state index in [1.54, 1.807) is 30.3 Å². The number of aromatic nitrogens is 2. The second-order valence-electron chi connectivity index (χ2n) is 8.10. The predicted molar refractivity (Wildman–Crippen MR) is 131 cm³/mol. The number of hydrogen-bond acceptors (Lipinski definition) is 6. The lowest BCUT2D eigenvalue weighted by molar-refractivity contribution is -0.132. The van der Waals surface area contributed by atoms with Crippen molar-refractivity contribution in [1.82, 2.24) is 9.97 Å². The molecule has 5 rings (SSSR count). The molecule has 1 atom stereocenters. The summed E-state index contributed by atoms with van der Waals surface area (Å²) >= 11 is 0. The molecular weight excluding hydrogens is 465 g/mol. The van der Waals surface area contributed by atoms with E-state index < -0.39 is 29.3 Å². The molecule has 0 radical (unpaired) electrons. The molecule has 1 fully saturated rings. The Labute approximate surface area is 205 Å². The second kappa shape index (κ2) is 9.18. The number of ketones is 1. The minimum absolute atomic E-state index is 0.148. The smallest absolute Gasteiger partial charge is 0.302 e. The van der Waals surface area contributed by atoms with Crippen LogP contribution in [-0.4, -0.2) is 40.5 Å². The van der Waals surface area contributed by atoms with Gasteiger partial charge in [0.2, 0.25) is 5.95 Å². The maximum Gasteiger partial charge on any atom is 0.302 e. The number of methoxy groups -OCH3 is 1. The number of nitrogens with one attached hydrogen (secondary N) is 1. The highest BCUT2D eigenvalue weighted by Crippen LogP contribution is 2.43. The second-order valence-corrected chi connectivity index (χ2v) is 8.10. The number of carbonyl (C=O) groups is 2. The summed E-state index contributed by atoms with van der Waals surface area (Å²) in [4.78, 5) is 35.5. The SMILES string of the molecule is CCOc1cc(C2/C(=C(\O)c3ccc(F)cc3)C(=O)C(=O)N2c2nc3ccccc3[nH]2)ccc1OC. The number of H-pyrrole nitrogens is 1. The molecule has 1 aliphatic rings. The van der Waals surface area contributed by atoms with Crippen LogP contribution in [0.1, 0.15) is 24.1 Å². The van der Waals surface area contributed by atoms with Gasteiger partial charge < -0.3 is 19.6 Å². The Bertz CT molecular complexity index is 1480. The van der Waals surface area contributed by atoms with Crippen molar-refractivity contribution >= 4 is 34.4 Å². The maximum atomic E-state index is 13.5. The first kappa shape index (κ1) is 23.1. The molecule has 9 heteroatoms. The molecule has 3 aromatic carbocycles. The average Bonchev–Trinajstić information content (AvgIpc) is 3.42. The van der Waals surface area contributed by atoms with Crippen LogP contribution in [0.25, 0.3) is 16.8 Å². The molecule has 1 saturated heterocycles. The number of fused-ring (bicyclic) bond motifs is 1. The first-order valence-electron chi connectivity index (χ1n) is 11.2. The van der Waals surface area contributed by atoms with Gasteiger partial charge in [0.05, 0.1) is 36.4 Å². The normalized spacial score (nSPS) is 17.1. The first-order chi connectivity index (χ1) is 17.4. The molecular formula is C27H22FN3O5. The molecule has 0 spiro atoms. The molecule has 182 valence electrons. The molecule has 1 aromatic heterocycles. The van der Waals surface area contributed by atoms with Crippen LogP contribution in [0, 0.1) is 5.82 Å². The van der Waals surface area contributed by atoms with Crippen LogP contribution in [0.3, 0.4) is 0 Å². The number of ether oxygens (including phenoxy) is 2. The van der Waals surface area contributed by atoms with Gasteiger partial charge in [0, 0.05) is 5.56 Å². The molecule has 2 N–H and O–H groups in total. The third kappa shape index (κ3) is 3.84. The lowest BCUT2D eigenvalue weighted by atomic mass is 9.95.